The third kappa shape index (κ3) is 3.46. The van der Waals surface area contributed by atoms with Gasteiger partial charge in [-0.2, -0.15) is 0 Å². The first-order valence-corrected chi connectivity index (χ1v) is 9.81. The van der Waals surface area contributed by atoms with Gasteiger partial charge in [0.05, 0.1) is 12.0 Å². The number of nitrogens with zero attached hydrogens (tertiary/aromatic N) is 4. The van der Waals surface area contributed by atoms with Crippen LogP contribution in [-0.2, 0) is 16.8 Å². The monoisotopic (exact) mass is 383 g/mol. The van der Waals surface area contributed by atoms with Gasteiger partial charge in [-0.25, -0.2) is 14.4 Å². The number of likely N-dealkylation sites (N-methyl/N-ethyl adjacent to an activating group) is 1. The summed E-state index contributed by atoms with van der Waals surface area (Å²) in [4.78, 5) is 26.0. The molecule has 1 aliphatic heterocycles. The number of halogens is 1. The van der Waals surface area contributed by atoms with Gasteiger partial charge < -0.3 is 10.6 Å². The van der Waals surface area contributed by atoms with Crippen LogP contribution in [0.25, 0.3) is 0 Å². The van der Waals surface area contributed by atoms with Crippen LogP contribution >= 0.6 is 0 Å². The van der Waals surface area contributed by atoms with E-state index in [2.05, 4.69) is 14.9 Å². The number of anilines is 1. The maximum atomic E-state index is 13.7. The van der Waals surface area contributed by atoms with Crippen molar-refractivity contribution in [2.75, 3.05) is 25.9 Å². The van der Waals surface area contributed by atoms with Gasteiger partial charge in [-0.15, -0.1) is 0 Å². The zero-order valence-corrected chi connectivity index (χ0v) is 16.1. The van der Waals surface area contributed by atoms with Crippen LogP contribution in [0.1, 0.15) is 37.1 Å². The highest BCUT2D eigenvalue weighted by molar-refractivity contribution is 5.89. The molecule has 1 amide bonds. The fourth-order valence-corrected chi connectivity index (χ4v) is 4.37. The number of benzene rings is 1. The fraction of sp³-hybridized carbons (Fsp3) is 0.476. The second-order valence-electron chi connectivity index (χ2n) is 7.95. The number of carbonyl (C=O) groups excluding carboxylic acids is 1. The van der Waals surface area contributed by atoms with E-state index >= 15 is 0 Å². The zero-order chi connectivity index (χ0) is 19.7. The number of aromatic nitrogens is 2. The lowest BCUT2D eigenvalue weighted by atomic mass is 9.63. The normalized spacial score (nSPS) is 21.0. The molecule has 1 aromatic heterocycles. The maximum Gasteiger partial charge on any atom is 0.233 e. The number of amides is 1. The van der Waals surface area contributed by atoms with Gasteiger partial charge in [0.2, 0.25) is 5.91 Å². The van der Waals surface area contributed by atoms with Gasteiger partial charge >= 0.3 is 0 Å². The van der Waals surface area contributed by atoms with E-state index in [1.165, 1.54) is 12.1 Å². The van der Waals surface area contributed by atoms with Crippen LogP contribution in [0, 0.1) is 5.82 Å². The molecular weight excluding hydrogens is 357 g/mol. The molecule has 2 heterocycles. The molecule has 1 saturated carbocycles. The van der Waals surface area contributed by atoms with Crippen LogP contribution in [0.15, 0.2) is 36.5 Å². The molecular formula is C21H26FN5O. The Hall–Kier alpha value is -2.54. The Morgan fingerprint density at radius 1 is 1.39 bits per heavy atom. The van der Waals surface area contributed by atoms with Crippen molar-refractivity contribution < 1.29 is 9.18 Å². The van der Waals surface area contributed by atoms with Gasteiger partial charge in [-0.3, -0.25) is 9.69 Å². The average Bonchev–Trinajstić information content (AvgIpc) is 3.11. The fourth-order valence-electron chi connectivity index (χ4n) is 4.37. The van der Waals surface area contributed by atoms with Crippen LogP contribution in [0.3, 0.4) is 0 Å². The van der Waals surface area contributed by atoms with Crippen molar-refractivity contribution in [2.45, 2.75) is 43.7 Å². The number of hydrogen-bond donors (Lipinski definition) is 1. The van der Waals surface area contributed by atoms with E-state index in [4.69, 9.17) is 5.73 Å². The lowest BCUT2D eigenvalue weighted by Crippen LogP contribution is -2.51. The van der Waals surface area contributed by atoms with E-state index in [1.807, 2.05) is 18.0 Å². The van der Waals surface area contributed by atoms with Crippen molar-refractivity contribution in [1.82, 2.24) is 19.8 Å². The SMILES string of the molecule is CN(Cc1nccc(N)n1)[C@H]1CCN(C(=O)C2(c3cccc(F)c3)CCC2)C1. The van der Waals surface area contributed by atoms with Crippen LogP contribution in [0.4, 0.5) is 10.2 Å². The largest absolute Gasteiger partial charge is 0.384 e. The standard InChI is InChI=1S/C21H26FN5O/c1-26(14-19-24-10-6-18(23)25-19)17-7-11-27(13-17)20(28)21(8-3-9-21)15-4-2-5-16(22)12-15/h2,4-6,10,12,17H,3,7-9,11,13-14H2,1H3,(H2,23,24,25)/t17-/m0/s1. The summed E-state index contributed by atoms with van der Waals surface area (Å²) in [6, 6.07) is 8.46. The van der Waals surface area contributed by atoms with E-state index in [9.17, 15) is 9.18 Å². The summed E-state index contributed by atoms with van der Waals surface area (Å²) < 4.78 is 13.7. The Balaban J connectivity index is 1.44. The lowest BCUT2D eigenvalue weighted by molar-refractivity contribution is -0.140. The summed E-state index contributed by atoms with van der Waals surface area (Å²) in [6.07, 6.45) is 5.16. The number of carbonyl (C=O) groups is 1. The molecule has 0 spiro atoms. The van der Waals surface area contributed by atoms with Crippen LogP contribution < -0.4 is 5.73 Å². The first kappa shape index (κ1) is 18.8. The highest BCUT2D eigenvalue weighted by atomic mass is 19.1. The van der Waals surface area contributed by atoms with Gasteiger partial charge in [0, 0.05) is 25.3 Å². The zero-order valence-electron chi connectivity index (χ0n) is 16.1. The number of nitrogens with two attached hydrogens (primary N) is 1. The van der Waals surface area contributed by atoms with Gasteiger partial charge in [-0.1, -0.05) is 18.6 Å². The minimum Gasteiger partial charge on any atom is -0.384 e. The Labute approximate surface area is 164 Å². The lowest BCUT2D eigenvalue weighted by Gasteiger charge is -2.43. The molecule has 2 aliphatic rings. The van der Waals surface area contributed by atoms with Crippen LogP contribution in [-0.4, -0.2) is 51.9 Å². The van der Waals surface area contributed by atoms with Crippen LogP contribution in [0.5, 0.6) is 0 Å². The summed E-state index contributed by atoms with van der Waals surface area (Å²) in [6.45, 7) is 1.99. The minimum atomic E-state index is -0.549. The molecule has 0 bridgehead atoms. The Kier molecular flexibility index (Phi) is 5.02. The summed E-state index contributed by atoms with van der Waals surface area (Å²) in [5, 5.41) is 0. The Morgan fingerprint density at radius 2 is 2.21 bits per heavy atom. The summed E-state index contributed by atoms with van der Waals surface area (Å²) in [7, 11) is 2.02. The first-order valence-electron chi connectivity index (χ1n) is 9.81. The molecule has 2 N–H and O–H groups in total. The van der Waals surface area contributed by atoms with E-state index in [-0.39, 0.29) is 17.8 Å². The van der Waals surface area contributed by atoms with Gasteiger partial charge in [0.25, 0.3) is 0 Å². The number of hydrogen-bond acceptors (Lipinski definition) is 5. The smallest absolute Gasteiger partial charge is 0.233 e. The Morgan fingerprint density at radius 3 is 2.89 bits per heavy atom. The molecule has 1 saturated heterocycles. The second-order valence-corrected chi connectivity index (χ2v) is 7.95. The topological polar surface area (TPSA) is 75.4 Å². The molecule has 6 nitrogen and oxygen atoms in total. The summed E-state index contributed by atoms with van der Waals surface area (Å²) >= 11 is 0. The number of likely N-dealkylation sites (tertiary alicyclic amines) is 1. The highest BCUT2D eigenvalue weighted by Crippen LogP contribution is 2.46. The number of nitrogen functional groups attached to an aromatic ring is 1. The quantitative estimate of drug-likeness (QED) is 0.858. The Bertz CT molecular complexity index is 869. The van der Waals surface area contributed by atoms with Crippen molar-refractivity contribution in [1.29, 1.82) is 0 Å². The van der Waals surface area contributed by atoms with Crippen molar-refractivity contribution in [3.05, 3.63) is 53.7 Å². The molecule has 4 rings (SSSR count). The molecule has 2 aromatic rings. The predicted molar refractivity (Wildman–Crippen MR) is 105 cm³/mol. The third-order valence-corrected chi connectivity index (χ3v) is 6.19. The van der Waals surface area contributed by atoms with Gasteiger partial charge in [0.1, 0.15) is 17.5 Å². The average molecular weight is 383 g/mol. The van der Waals surface area contributed by atoms with Crippen molar-refractivity contribution in [3.63, 3.8) is 0 Å². The molecule has 0 unspecified atom stereocenters. The second kappa shape index (κ2) is 7.47. The van der Waals surface area contributed by atoms with E-state index in [1.54, 1.807) is 18.3 Å². The van der Waals surface area contributed by atoms with E-state index < -0.39 is 5.41 Å². The highest BCUT2D eigenvalue weighted by Gasteiger charge is 2.49. The third-order valence-electron chi connectivity index (χ3n) is 6.19. The van der Waals surface area contributed by atoms with Gasteiger partial charge in [-0.05, 0) is 50.1 Å². The van der Waals surface area contributed by atoms with E-state index in [0.717, 1.165) is 37.8 Å². The first-order chi connectivity index (χ1) is 13.5. The minimum absolute atomic E-state index is 0.139. The summed E-state index contributed by atoms with van der Waals surface area (Å²) in [5.74, 6) is 1.00. The molecule has 0 radical (unpaired) electrons. The van der Waals surface area contributed by atoms with Gasteiger partial charge in [0.15, 0.2) is 0 Å². The molecule has 1 aliphatic carbocycles. The van der Waals surface area contributed by atoms with Crippen molar-refractivity contribution in [3.8, 4) is 0 Å². The maximum absolute atomic E-state index is 13.7. The molecule has 7 heteroatoms. The van der Waals surface area contributed by atoms with Crippen molar-refractivity contribution in [2.24, 2.45) is 0 Å². The molecule has 1 atom stereocenters. The molecule has 2 fully saturated rings. The predicted octanol–water partition coefficient (Wildman–Crippen LogP) is 2.35. The number of rotatable bonds is 5. The molecule has 28 heavy (non-hydrogen) atoms. The molecule has 1 aromatic carbocycles. The van der Waals surface area contributed by atoms with E-state index in [0.29, 0.717) is 24.7 Å². The van der Waals surface area contributed by atoms with Crippen LogP contribution in [0.2, 0.25) is 0 Å². The van der Waals surface area contributed by atoms with Crippen molar-refractivity contribution >= 4 is 11.7 Å². The molecule has 148 valence electrons. The summed E-state index contributed by atoms with van der Waals surface area (Å²) in [5.41, 5.74) is 6.00.